The van der Waals surface area contributed by atoms with Gasteiger partial charge in [0.2, 0.25) is 0 Å². The van der Waals surface area contributed by atoms with Crippen LogP contribution in [0.3, 0.4) is 0 Å². The van der Waals surface area contributed by atoms with Crippen LogP contribution in [0.15, 0.2) is 23.6 Å². The smallest absolute Gasteiger partial charge is 0.408 e. The van der Waals surface area contributed by atoms with Crippen LogP contribution in [0.2, 0.25) is 10.0 Å². The second-order valence-corrected chi connectivity index (χ2v) is 8.71. The molecule has 0 spiro atoms. The number of carboxylic acid groups (broad SMARTS) is 2. The van der Waals surface area contributed by atoms with Crippen molar-refractivity contribution >= 4 is 46.6 Å². The van der Waals surface area contributed by atoms with Crippen LogP contribution in [-0.4, -0.2) is 44.7 Å². The quantitative estimate of drug-likeness (QED) is 0.563. The Labute approximate surface area is 177 Å². The number of amides is 1. The van der Waals surface area contributed by atoms with E-state index in [1.54, 1.807) is 6.07 Å². The number of carbonyl (C=O) groups is 2. The lowest BCUT2D eigenvalue weighted by atomic mass is 10.0. The van der Waals surface area contributed by atoms with Gasteiger partial charge < -0.3 is 10.2 Å². The second-order valence-electron chi connectivity index (χ2n) is 6.90. The zero-order valence-corrected chi connectivity index (χ0v) is 17.9. The molecule has 2 aromatic rings. The van der Waals surface area contributed by atoms with Crippen molar-refractivity contribution in [2.24, 2.45) is 5.92 Å². The molecule has 1 atom stereocenters. The Balaban J connectivity index is 2.04. The molecule has 0 aliphatic carbocycles. The summed E-state index contributed by atoms with van der Waals surface area (Å²) in [6.07, 6.45) is -0.0591. The molecule has 1 unspecified atom stereocenters. The van der Waals surface area contributed by atoms with Crippen molar-refractivity contribution in [1.82, 2.24) is 9.88 Å². The van der Waals surface area contributed by atoms with Crippen molar-refractivity contribution in [1.29, 1.82) is 0 Å². The molecule has 0 aliphatic heterocycles. The molecule has 2 N–H and O–H groups in total. The number of carboxylic acids is 1. The van der Waals surface area contributed by atoms with Crippen molar-refractivity contribution in [3.05, 3.63) is 49.9 Å². The molecule has 0 saturated carbocycles. The van der Waals surface area contributed by atoms with Gasteiger partial charge in [0, 0.05) is 34.8 Å². The van der Waals surface area contributed by atoms with Crippen LogP contribution in [0.4, 0.5) is 4.79 Å². The summed E-state index contributed by atoms with van der Waals surface area (Å²) in [7, 11) is 0. The highest BCUT2D eigenvalue weighted by atomic mass is 35.5. The lowest BCUT2D eigenvalue weighted by molar-refractivity contribution is -0.143. The first-order chi connectivity index (χ1) is 13.2. The summed E-state index contributed by atoms with van der Waals surface area (Å²) in [4.78, 5) is 28.6. The Morgan fingerprint density at radius 3 is 2.36 bits per heavy atom. The third-order valence-electron chi connectivity index (χ3n) is 4.09. The Morgan fingerprint density at radius 1 is 1.18 bits per heavy atom. The molecule has 0 radical (unpaired) electrons. The minimum atomic E-state index is -1.24. The number of benzene rings is 1. The molecule has 1 aromatic heterocycles. The van der Waals surface area contributed by atoms with E-state index in [9.17, 15) is 19.8 Å². The zero-order valence-electron chi connectivity index (χ0n) is 15.6. The predicted octanol–water partition coefficient (Wildman–Crippen LogP) is 5.06. The van der Waals surface area contributed by atoms with E-state index in [0.717, 1.165) is 21.2 Å². The van der Waals surface area contributed by atoms with Gasteiger partial charge in [-0.25, -0.2) is 14.6 Å². The van der Waals surface area contributed by atoms with Gasteiger partial charge in [0.15, 0.2) is 0 Å². The average molecular weight is 445 g/mol. The molecule has 1 amide bonds. The Kier molecular flexibility index (Phi) is 8.10. The highest BCUT2D eigenvalue weighted by Gasteiger charge is 2.30. The predicted molar refractivity (Wildman–Crippen MR) is 111 cm³/mol. The van der Waals surface area contributed by atoms with E-state index in [4.69, 9.17) is 23.2 Å². The first kappa shape index (κ1) is 22.5. The number of hydrogen-bond acceptors (Lipinski definition) is 4. The minimum absolute atomic E-state index is 0.0679. The summed E-state index contributed by atoms with van der Waals surface area (Å²) < 4.78 is 0. The number of hydrogen-bond donors (Lipinski definition) is 2. The molecule has 28 heavy (non-hydrogen) atoms. The maximum absolute atomic E-state index is 11.6. The molecule has 0 fully saturated rings. The molecule has 0 saturated heterocycles. The van der Waals surface area contributed by atoms with Crippen molar-refractivity contribution in [3.63, 3.8) is 0 Å². The number of nitrogens with zero attached hydrogens (tertiary/aromatic N) is 2. The maximum atomic E-state index is 11.6. The van der Waals surface area contributed by atoms with Crippen molar-refractivity contribution in [2.45, 2.75) is 39.2 Å². The summed E-state index contributed by atoms with van der Waals surface area (Å²) in [5, 5.41) is 22.7. The summed E-state index contributed by atoms with van der Waals surface area (Å²) >= 11 is 13.5. The van der Waals surface area contributed by atoms with Crippen molar-refractivity contribution in [3.8, 4) is 0 Å². The zero-order chi connectivity index (χ0) is 20.8. The first-order valence-electron chi connectivity index (χ1n) is 8.76. The van der Waals surface area contributed by atoms with Gasteiger partial charge in [-0.2, -0.15) is 0 Å². The molecule has 1 heterocycles. The molecule has 152 valence electrons. The highest BCUT2D eigenvalue weighted by molar-refractivity contribution is 7.09. The van der Waals surface area contributed by atoms with Crippen LogP contribution in [0.5, 0.6) is 0 Å². The minimum Gasteiger partial charge on any atom is -0.480 e. The number of halogens is 2. The van der Waals surface area contributed by atoms with Crippen molar-refractivity contribution < 1.29 is 19.8 Å². The fourth-order valence-corrected chi connectivity index (χ4v) is 4.29. The van der Waals surface area contributed by atoms with E-state index in [-0.39, 0.29) is 18.9 Å². The molecular formula is C19H22Cl2N2O4S. The number of aliphatic carboxylic acids is 1. The van der Waals surface area contributed by atoms with Gasteiger partial charge in [-0.1, -0.05) is 37.0 Å². The monoisotopic (exact) mass is 444 g/mol. The van der Waals surface area contributed by atoms with Crippen LogP contribution in [0.25, 0.3) is 0 Å². The highest BCUT2D eigenvalue weighted by Crippen LogP contribution is 2.23. The topological polar surface area (TPSA) is 90.7 Å². The standard InChI is InChI=1S/C19H22Cl2N2O4S/c1-11(2)5-16(18(24)25)23(19(26)27)4-3-15-10-28-17(22-15)8-12-6-13(20)9-14(21)7-12/h6-7,9-11,16H,3-5,8H2,1-2H3,(H,24,25)(H,26,27). The summed E-state index contributed by atoms with van der Waals surface area (Å²) in [6.45, 7) is 3.81. The van der Waals surface area contributed by atoms with E-state index in [0.29, 0.717) is 22.9 Å². The van der Waals surface area contributed by atoms with Crippen LogP contribution < -0.4 is 0 Å². The lowest BCUT2D eigenvalue weighted by Gasteiger charge is -2.27. The van der Waals surface area contributed by atoms with Crippen LogP contribution in [0.1, 0.15) is 36.5 Å². The van der Waals surface area contributed by atoms with Crippen LogP contribution in [0, 0.1) is 5.92 Å². The van der Waals surface area contributed by atoms with Gasteiger partial charge in [0.1, 0.15) is 6.04 Å². The fraction of sp³-hybridized carbons (Fsp3) is 0.421. The molecule has 1 aromatic carbocycles. The van der Waals surface area contributed by atoms with E-state index in [2.05, 4.69) is 4.98 Å². The Hall–Kier alpha value is -1.83. The van der Waals surface area contributed by atoms with Gasteiger partial charge >= 0.3 is 12.1 Å². The largest absolute Gasteiger partial charge is 0.480 e. The molecular weight excluding hydrogens is 423 g/mol. The van der Waals surface area contributed by atoms with E-state index < -0.39 is 18.1 Å². The van der Waals surface area contributed by atoms with E-state index in [1.807, 2.05) is 31.4 Å². The molecule has 2 rings (SSSR count). The van der Waals surface area contributed by atoms with Crippen molar-refractivity contribution in [2.75, 3.05) is 6.54 Å². The lowest BCUT2D eigenvalue weighted by Crippen LogP contribution is -2.46. The third kappa shape index (κ3) is 6.65. The summed E-state index contributed by atoms with van der Waals surface area (Å²) in [5.41, 5.74) is 1.67. The molecule has 0 aliphatic rings. The van der Waals surface area contributed by atoms with E-state index in [1.165, 1.54) is 11.3 Å². The van der Waals surface area contributed by atoms with Gasteiger partial charge in [0.05, 0.1) is 10.7 Å². The van der Waals surface area contributed by atoms with E-state index >= 15 is 0 Å². The Morgan fingerprint density at radius 2 is 1.82 bits per heavy atom. The van der Waals surface area contributed by atoms with Gasteiger partial charge in [-0.05, 0) is 36.1 Å². The molecule has 9 heteroatoms. The normalized spacial score (nSPS) is 12.2. The number of aromatic nitrogens is 1. The SMILES string of the molecule is CC(C)CC(C(=O)O)N(CCc1csc(Cc2cc(Cl)cc(Cl)c2)n1)C(=O)O. The molecule has 6 nitrogen and oxygen atoms in total. The fourth-order valence-electron chi connectivity index (χ4n) is 2.86. The third-order valence-corrected chi connectivity index (χ3v) is 5.42. The first-order valence-corrected chi connectivity index (χ1v) is 10.4. The van der Waals surface area contributed by atoms with Crippen LogP contribution in [-0.2, 0) is 17.6 Å². The average Bonchev–Trinajstić information content (AvgIpc) is 2.99. The number of rotatable bonds is 9. The summed E-state index contributed by atoms with van der Waals surface area (Å²) in [5.74, 6) is -1.06. The number of thiazole rings is 1. The van der Waals surface area contributed by atoms with Gasteiger partial charge in [0.25, 0.3) is 0 Å². The molecule has 0 bridgehead atoms. The van der Waals surface area contributed by atoms with Gasteiger partial charge in [-0.15, -0.1) is 11.3 Å². The van der Waals surface area contributed by atoms with Crippen LogP contribution >= 0.6 is 34.5 Å². The van der Waals surface area contributed by atoms with Gasteiger partial charge in [-0.3, -0.25) is 4.90 Å². The Bertz CT molecular complexity index is 821. The summed E-state index contributed by atoms with van der Waals surface area (Å²) in [6, 6.07) is 4.24. The maximum Gasteiger partial charge on any atom is 0.408 e. The second kappa shape index (κ2) is 10.1.